The van der Waals surface area contributed by atoms with Crippen molar-refractivity contribution in [2.24, 2.45) is 5.41 Å². The molecule has 1 saturated carbocycles. The molecule has 6 heteroatoms. The van der Waals surface area contributed by atoms with Crippen LogP contribution in [-0.2, 0) is 14.4 Å². The molecule has 3 rings (SSSR count). The largest absolute Gasteiger partial charge is 0.327 e. The molecule has 1 unspecified atom stereocenters. The molecule has 2 aliphatic rings. The average Bonchev–Trinajstić information content (AvgIpc) is 2.80. The molecule has 0 N–H and O–H groups in total. The molecule has 1 aliphatic heterocycles. The second-order valence-electron chi connectivity index (χ2n) is 9.45. The van der Waals surface area contributed by atoms with Crippen LogP contribution in [0.5, 0.6) is 0 Å². The molecular formula is C23H31BrN2O3. The van der Waals surface area contributed by atoms with Gasteiger partial charge in [0.05, 0.1) is 12.1 Å². The minimum Gasteiger partial charge on any atom is -0.327 e. The van der Waals surface area contributed by atoms with Crippen molar-refractivity contribution in [2.75, 3.05) is 4.90 Å². The highest BCUT2D eigenvalue weighted by Crippen LogP contribution is 2.33. The van der Waals surface area contributed by atoms with Crippen molar-refractivity contribution in [1.82, 2.24) is 4.90 Å². The number of carbonyl (C=O) groups excluding carboxylic acids is 3. The van der Waals surface area contributed by atoms with Crippen LogP contribution in [0, 0.1) is 5.41 Å². The lowest BCUT2D eigenvalue weighted by atomic mass is 9.90. The number of carbonyl (C=O) groups is 3. The van der Waals surface area contributed by atoms with Gasteiger partial charge in [-0.1, -0.05) is 62.4 Å². The summed E-state index contributed by atoms with van der Waals surface area (Å²) in [4.78, 5) is 42.5. The number of nitrogens with zero attached hydrogens (tertiary/aromatic N) is 2. The van der Waals surface area contributed by atoms with E-state index in [0.717, 1.165) is 30.2 Å². The van der Waals surface area contributed by atoms with Gasteiger partial charge in [-0.2, -0.15) is 0 Å². The molecule has 1 aromatic carbocycles. The van der Waals surface area contributed by atoms with E-state index in [-0.39, 0.29) is 35.6 Å². The van der Waals surface area contributed by atoms with E-state index >= 15 is 0 Å². The third-order valence-corrected chi connectivity index (χ3v) is 6.26. The van der Waals surface area contributed by atoms with Gasteiger partial charge in [0.1, 0.15) is 6.04 Å². The van der Waals surface area contributed by atoms with Crippen molar-refractivity contribution in [3.63, 3.8) is 0 Å². The molecule has 0 spiro atoms. The van der Waals surface area contributed by atoms with E-state index in [0.29, 0.717) is 12.1 Å². The van der Waals surface area contributed by atoms with Crippen LogP contribution >= 0.6 is 15.9 Å². The van der Waals surface area contributed by atoms with Gasteiger partial charge in [-0.3, -0.25) is 14.4 Å². The summed E-state index contributed by atoms with van der Waals surface area (Å²) in [5.41, 5.74) is 0.395. The molecule has 158 valence electrons. The Labute approximate surface area is 181 Å². The van der Waals surface area contributed by atoms with E-state index in [9.17, 15) is 14.4 Å². The van der Waals surface area contributed by atoms with E-state index < -0.39 is 6.04 Å². The monoisotopic (exact) mass is 462 g/mol. The van der Waals surface area contributed by atoms with Crippen LogP contribution in [0.3, 0.4) is 0 Å². The summed E-state index contributed by atoms with van der Waals surface area (Å²) in [5.74, 6) is -0.512. The van der Waals surface area contributed by atoms with E-state index in [4.69, 9.17) is 0 Å². The summed E-state index contributed by atoms with van der Waals surface area (Å²) in [7, 11) is 0. The van der Waals surface area contributed by atoms with Crippen LogP contribution in [0.25, 0.3) is 0 Å². The number of anilines is 1. The summed E-state index contributed by atoms with van der Waals surface area (Å²) >= 11 is 3.38. The Hall–Kier alpha value is -1.69. The zero-order valence-corrected chi connectivity index (χ0v) is 19.2. The second kappa shape index (κ2) is 8.99. The molecule has 1 aliphatic carbocycles. The summed E-state index contributed by atoms with van der Waals surface area (Å²) in [6, 6.07) is 6.50. The van der Waals surface area contributed by atoms with E-state index in [2.05, 4.69) is 15.9 Å². The maximum Gasteiger partial charge on any atom is 0.257 e. The van der Waals surface area contributed by atoms with Crippen molar-refractivity contribution in [3.05, 3.63) is 28.7 Å². The Morgan fingerprint density at radius 2 is 1.66 bits per heavy atom. The van der Waals surface area contributed by atoms with Crippen LogP contribution in [0.1, 0.15) is 72.1 Å². The number of halogens is 1. The van der Waals surface area contributed by atoms with Gasteiger partial charge in [-0.15, -0.1) is 0 Å². The Kier molecular flexibility index (Phi) is 6.82. The Morgan fingerprint density at radius 1 is 1.07 bits per heavy atom. The Balaban J connectivity index is 1.90. The van der Waals surface area contributed by atoms with Gasteiger partial charge < -0.3 is 4.90 Å². The SMILES string of the molecule is CC(C)(C)CC(=O)N(C1CCCCCC1)C1CC(=O)N(c2ccc(Br)cc2)C1=O. The van der Waals surface area contributed by atoms with Crippen LogP contribution < -0.4 is 4.90 Å². The van der Waals surface area contributed by atoms with Gasteiger partial charge in [-0.25, -0.2) is 4.90 Å². The standard InChI is InChI=1S/C23H31BrN2O3/c1-23(2,3)15-21(28)25(17-8-6-4-5-7-9-17)19-14-20(27)26(22(19)29)18-12-10-16(24)11-13-18/h10-13,17,19H,4-9,14-15H2,1-3H3. The van der Waals surface area contributed by atoms with Crippen molar-refractivity contribution in [1.29, 1.82) is 0 Å². The van der Waals surface area contributed by atoms with Gasteiger partial charge in [0.25, 0.3) is 5.91 Å². The van der Waals surface area contributed by atoms with Crippen molar-refractivity contribution < 1.29 is 14.4 Å². The molecule has 5 nitrogen and oxygen atoms in total. The zero-order valence-electron chi connectivity index (χ0n) is 17.6. The van der Waals surface area contributed by atoms with E-state index in [1.54, 1.807) is 17.0 Å². The number of amides is 3. The van der Waals surface area contributed by atoms with Gasteiger partial charge >= 0.3 is 0 Å². The topological polar surface area (TPSA) is 57.7 Å². The normalized spacial score (nSPS) is 21.4. The van der Waals surface area contributed by atoms with Crippen LogP contribution in [-0.4, -0.2) is 34.7 Å². The van der Waals surface area contributed by atoms with Crippen molar-refractivity contribution in [3.8, 4) is 0 Å². The Bertz CT molecular complexity index is 761. The van der Waals surface area contributed by atoms with Gasteiger partial charge in [0, 0.05) is 16.9 Å². The summed E-state index contributed by atoms with van der Waals surface area (Å²) in [6.45, 7) is 6.10. The summed E-state index contributed by atoms with van der Waals surface area (Å²) in [5, 5.41) is 0. The van der Waals surface area contributed by atoms with Gasteiger partial charge in [0.2, 0.25) is 11.8 Å². The maximum atomic E-state index is 13.3. The fourth-order valence-electron chi connectivity index (χ4n) is 4.41. The molecule has 0 aromatic heterocycles. The molecule has 1 saturated heterocycles. The molecule has 1 heterocycles. The lowest BCUT2D eigenvalue weighted by molar-refractivity contribution is -0.143. The highest BCUT2D eigenvalue weighted by atomic mass is 79.9. The second-order valence-corrected chi connectivity index (χ2v) is 10.4. The highest BCUT2D eigenvalue weighted by molar-refractivity contribution is 9.10. The van der Waals surface area contributed by atoms with Crippen molar-refractivity contribution in [2.45, 2.75) is 84.2 Å². The van der Waals surface area contributed by atoms with Crippen LogP contribution in [0.2, 0.25) is 0 Å². The Morgan fingerprint density at radius 3 is 2.21 bits per heavy atom. The fourth-order valence-corrected chi connectivity index (χ4v) is 4.67. The third-order valence-electron chi connectivity index (χ3n) is 5.73. The minimum atomic E-state index is -0.691. The number of imide groups is 1. The van der Waals surface area contributed by atoms with Crippen LogP contribution in [0.4, 0.5) is 5.69 Å². The number of benzene rings is 1. The lowest BCUT2D eigenvalue weighted by Gasteiger charge is -2.36. The van der Waals surface area contributed by atoms with E-state index in [1.165, 1.54) is 17.7 Å². The average molecular weight is 463 g/mol. The predicted molar refractivity (Wildman–Crippen MR) is 117 cm³/mol. The van der Waals surface area contributed by atoms with Gasteiger partial charge in [-0.05, 0) is 42.5 Å². The van der Waals surface area contributed by atoms with Gasteiger partial charge in [0.15, 0.2) is 0 Å². The molecule has 3 amide bonds. The quantitative estimate of drug-likeness (QED) is 0.463. The minimum absolute atomic E-state index is 0.00629. The first kappa shape index (κ1) is 22.0. The first-order chi connectivity index (χ1) is 13.7. The molecular weight excluding hydrogens is 432 g/mol. The summed E-state index contributed by atoms with van der Waals surface area (Å²) < 4.78 is 0.886. The molecule has 0 bridgehead atoms. The highest BCUT2D eigenvalue weighted by Gasteiger charge is 2.46. The van der Waals surface area contributed by atoms with Crippen molar-refractivity contribution >= 4 is 39.3 Å². The number of hydrogen-bond acceptors (Lipinski definition) is 3. The van der Waals surface area contributed by atoms with E-state index in [1.807, 2.05) is 32.9 Å². The van der Waals surface area contributed by atoms with Crippen LogP contribution in [0.15, 0.2) is 28.7 Å². The predicted octanol–water partition coefficient (Wildman–Crippen LogP) is 5.07. The molecule has 1 atom stereocenters. The molecule has 0 radical (unpaired) electrons. The molecule has 1 aromatic rings. The first-order valence-corrected chi connectivity index (χ1v) is 11.4. The molecule has 29 heavy (non-hydrogen) atoms. The fraction of sp³-hybridized carbons (Fsp3) is 0.609. The third kappa shape index (κ3) is 5.27. The molecule has 2 fully saturated rings. The smallest absolute Gasteiger partial charge is 0.257 e. The number of hydrogen-bond donors (Lipinski definition) is 0. The lowest BCUT2D eigenvalue weighted by Crippen LogP contribution is -2.51. The zero-order chi connectivity index (χ0) is 21.2. The first-order valence-electron chi connectivity index (χ1n) is 10.6. The summed E-state index contributed by atoms with van der Waals surface area (Å²) in [6.07, 6.45) is 6.73. The maximum absolute atomic E-state index is 13.3. The number of rotatable bonds is 4.